The van der Waals surface area contributed by atoms with Gasteiger partial charge in [0.15, 0.2) is 0 Å². The summed E-state index contributed by atoms with van der Waals surface area (Å²) in [5.74, 6) is 0.895. The third-order valence-electron chi connectivity index (χ3n) is 3.46. The molecule has 3 nitrogen and oxygen atoms in total. The van der Waals surface area contributed by atoms with Crippen molar-refractivity contribution in [1.29, 1.82) is 0 Å². The molecule has 0 amide bonds. The molecule has 96 valence electrons. The number of imidazole rings is 1. The molecule has 0 fully saturated rings. The quantitative estimate of drug-likeness (QED) is 0.946. The van der Waals surface area contributed by atoms with Crippen LogP contribution in [0.15, 0.2) is 34.9 Å². The first-order chi connectivity index (χ1) is 8.49. The zero-order chi connectivity index (χ0) is 13.3. The molecule has 0 saturated carbocycles. The van der Waals surface area contributed by atoms with E-state index in [-0.39, 0.29) is 0 Å². The van der Waals surface area contributed by atoms with Crippen molar-refractivity contribution in [1.82, 2.24) is 9.55 Å². The molecule has 0 bridgehead atoms. The standard InChI is InChI=1S/C14H17BrN2O/c1-4-14(18,11-6-5-7-12(15)8-11)13-9-16-10(2)17(13)3/h5-9,18H,4H2,1-3H3. The predicted octanol–water partition coefficient (Wildman–Crippen LogP) is 3.14. The number of hydrogen-bond donors (Lipinski definition) is 1. The first kappa shape index (κ1) is 13.3. The first-order valence-corrected chi connectivity index (χ1v) is 6.75. The van der Waals surface area contributed by atoms with Crippen LogP contribution in [0.2, 0.25) is 0 Å². The second-order valence-corrected chi connectivity index (χ2v) is 5.39. The van der Waals surface area contributed by atoms with Crippen LogP contribution in [0.25, 0.3) is 0 Å². The molecular weight excluding hydrogens is 292 g/mol. The van der Waals surface area contributed by atoms with E-state index in [4.69, 9.17) is 0 Å². The molecule has 0 aliphatic rings. The number of rotatable bonds is 3. The van der Waals surface area contributed by atoms with Gasteiger partial charge in [-0.05, 0) is 31.0 Å². The van der Waals surface area contributed by atoms with Gasteiger partial charge in [-0.3, -0.25) is 0 Å². The van der Waals surface area contributed by atoms with Gasteiger partial charge < -0.3 is 9.67 Å². The van der Waals surface area contributed by atoms with Crippen molar-refractivity contribution in [2.75, 3.05) is 0 Å². The third kappa shape index (κ3) is 2.10. The van der Waals surface area contributed by atoms with Crippen LogP contribution in [0.4, 0.5) is 0 Å². The zero-order valence-corrected chi connectivity index (χ0v) is 12.4. The highest BCUT2D eigenvalue weighted by Gasteiger charge is 2.32. The number of halogens is 1. The Morgan fingerprint density at radius 2 is 2.17 bits per heavy atom. The summed E-state index contributed by atoms with van der Waals surface area (Å²) in [6.07, 6.45) is 2.35. The molecule has 0 aliphatic heterocycles. The number of nitrogens with zero attached hydrogens (tertiary/aromatic N) is 2. The van der Waals surface area contributed by atoms with Gasteiger partial charge in [0, 0.05) is 11.5 Å². The highest BCUT2D eigenvalue weighted by Crippen LogP contribution is 2.34. The van der Waals surface area contributed by atoms with Gasteiger partial charge in [0.25, 0.3) is 0 Å². The van der Waals surface area contributed by atoms with E-state index in [2.05, 4.69) is 20.9 Å². The average molecular weight is 309 g/mol. The predicted molar refractivity (Wildman–Crippen MR) is 75.4 cm³/mol. The molecule has 0 radical (unpaired) electrons. The van der Waals surface area contributed by atoms with Gasteiger partial charge in [-0.25, -0.2) is 4.98 Å². The maximum absolute atomic E-state index is 11.0. The number of aryl methyl sites for hydroxylation is 1. The molecule has 4 heteroatoms. The average Bonchev–Trinajstić information content (AvgIpc) is 2.69. The lowest BCUT2D eigenvalue weighted by Gasteiger charge is -2.28. The van der Waals surface area contributed by atoms with Crippen LogP contribution in [0, 0.1) is 6.92 Å². The van der Waals surface area contributed by atoms with E-state index in [1.54, 1.807) is 6.20 Å². The van der Waals surface area contributed by atoms with Crippen LogP contribution in [0.3, 0.4) is 0 Å². The van der Waals surface area contributed by atoms with E-state index in [0.717, 1.165) is 21.6 Å². The lowest BCUT2D eigenvalue weighted by atomic mass is 9.88. The second kappa shape index (κ2) is 4.86. The second-order valence-electron chi connectivity index (χ2n) is 4.47. The lowest BCUT2D eigenvalue weighted by Crippen LogP contribution is -2.29. The van der Waals surface area contributed by atoms with E-state index >= 15 is 0 Å². The minimum absolute atomic E-state index is 0.600. The fourth-order valence-corrected chi connectivity index (χ4v) is 2.56. The van der Waals surface area contributed by atoms with E-state index < -0.39 is 5.60 Å². The molecule has 2 rings (SSSR count). The molecule has 0 saturated heterocycles. The Kier molecular flexibility index (Phi) is 3.59. The van der Waals surface area contributed by atoms with Crippen LogP contribution in [0.1, 0.15) is 30.4 Å². The lowest BCUT2D eigenvalue weighted by molar-refractivity contribution is 0.0686. The summed E-state index contributed by atoms with van der Waals surface area (Å²) in [5, 5.41) is 11.0. The van der Waals surface area contributed by atoms with Crippen LogP contribution in [0.5, 0.6) is 0 Å². The van der Waals surface area contributed by atoms with Crippen LogP contribution < -0.4 is 0 Å². The van der Waals surface area contributed by atoms with E-state index in [1.165, 1.54) is 0 Å². The van der Waals surface area contributed by atoms with Crippen molar-refractivity contribution < 1.29 is 5.11 Å². The van der Waals surface area contributed by atoms with E-state index in [1.807, 2.05) is 49.7 Å². The Bertz CT molecular complexity index is 565. The van der Waals surface area contributed by atoms with Gasteiger partial charge in [-0.1, -0.05) is 35.0 Å². The Morgan fingerprint density at radius 1 is 1.44 bits per heavy atom. The largest absolute Gasteiger partial charge is 0.379 e. The van der Waals surface area contributed by atoms with Crippen molar-refractivity contribution in [3.63, 3.8) is 0 Å². The minimum atomic E-state index is -1.00. The van der Waals surface area contributed by atoms with Gasteiger partial charge in [0.05, 0.1) is 11.9 Å². The third-order valence-corrected chi connectivity index (χ3v) is 3.95. The summed E-state index contributed by atoms with van der Waals surface area (Å²) in [6.45, 7) is 3.91. The highest BCUT2D eigenvalue weighted by molar-refractivity contribution is 9.10. The fourth-order valence-electron chi connectivity index (χ4n) is 2.17. The van der Waals surface area contributed by atoms with Crippen LogP contribution in [-0.4, -0.2) is 14.7 Å². The topological polar surface area (TPSA) is 38.1 Å². The van der Waals surface area contributed by atoms with Gasteiger partial charge in [-0.2, -0.15) is 0 Å². The number of hydrogen-bond acceptors (Lipinski definition) is 2. The zero-order valence-electron chi connectivity index (χ0n) is 10.8. The monoisotopic (exact) mass is 308 g/mol. The minimum Gasteiger partial charge on any atom is -0.379 e. The summed E-state index contributed by atoms with van der Waals surface area (Å²) in [5.41, 5.74) is 0.697. The fraction of sp³-hybridized carbons (Fsp3) is 0.357. The molecule has 18 heavy (non-hydrogen) atoms. The smallest absolute Gasteiger partial charge is 0.131 e. The van der Waals surface area contributed by atoms with Gasteiger partial charge in [-0.15, -0.1) is 0 Å². The molecule has 1 aromatic heterocycles. The normalized spacial score (nSPS) is 14.5. The summed E-state index contributed by atoms with van der Waals surface area (Å²) in [6, 6.07) is 7.78. The van der Waals surface area contributed by atoms with E-state index in [0.29, 0.717) is 6.42 Å². The van der Waals surface area contributed by atoms with Gasteiger partial charge in [0.1, 0.15) is 11.4 Å². The van der Waals surface area contributed by atoms with Crippen molar-refractivity contribution in [2.45, 2.75) is 25.9 Å². The molecule has 1 atom stereocenters. The summed E-state index contributed by atoms with van der Waals surface area (Å²) < 4.78 is 2.90. The van der Waals surface area contributed by atoms with Gasteiger partial charge in [0.2, 0.25) is 0 Å². The molecular formula is C14H17BrN2O. The maximum Gasteiger partial charge on any atom is 0.131 e. The molecule has 2 aromatic rings. The van der Waals surface area contributed by atoms with Crippen LogP contribution in [-0.2, 0) is 12.6 Å². The van der Waals surface area contributed by atoms with Gasteiger partial charge >= 0.3 is 0 Å². The number of aromatic nitrogens is 2. The Balaban J connectivity index is 2.58. The Labute approximate surface area is 116 Å². The molecule has 1 unspecified atom stereocenters. The van der Waals surface area contributed by atoms with Crippen molar-refractivity contribution in [2.24, 2.45) is 7.05 Å². The molecule has 1 heterocycles. The summed E-state index contributed by atoms with van der Waals surface area (Å²) in [4.78, 5) is 4.27. The summed E-state index contributed by atoms with van der Waals surface area (Å²) in [7, 11) is 1.93. The molecule has 0 spiro atoms. The maximum atomic E-state index is 11.0. The molecule has 0 aliphatic carbocycles. The first-order valence-electron chi connectivity index (χ1n) is 5.96. The Morgan fingerprint density at radius 3 is 2.67 bits per heavy atom. The van der Waals surface area contributed by atoms with Crippen LogP contribution >= 0.6 is 15.9 Å². The van der Waals surface area contributed by atoms with Crippen molar-refractivity contribution >= 4 is 15.9 Å². The Hall–Kier alpha value is -1.13. The number of aliphatic hydroxyl groups is 1. The van der Waals surface area contributed by atoms with Crippen molar-refractivity contribution in [3.05, 3.63) is 52.0 Å². The van der Waals surface area contributed by atoms with Crippen molar-refractivity contribution in [3.8, 4) is 0 Å². The number of benzene rings is 1. The molecule has 1 aromatic carbocycles. The van der Waals surface area contributed by atoms with E-state index in [9.17, 15) is 5.11 Å². The molecule has 1 N–H and O–H groups in total. The highest BCUT2D eigenvalue weighted by atomic mass is 79.9. The summed E-state index contributed by atoms with van der Waals surface area (Å²) >= 11 is 3.45. The SMILES string of the molecule is CCC(O)(c1cccc(Br)c1)c1cnc(C)n1C.